The number of hydrogen-bond donors (Lipinski definition) is 1. The number of nitrogens with zero attached hydrogens (tertiary/aromatic N) is 3. The highest BCUT2D eigenvalue weighted by Gasteiger charge is 2.25. The molecule has 1 heterocycles. The van der Waals surface area contributed by atoms with Crippen LogP contribution in [0, 0.1) is 0 Å². The molecule has 0 saturated carbocycles. The van der Waals surface area contributed by atoms with Gasteiger partial charge in [-0.05, 0) is 12.5 Å². The summed E-state index contributed by atoms with van der Waals surface area (Å²) in [4.78, 5) is 48.5. The first kappa shape index (κ1) is 16.5. The summed E-state index contributed by atoms with van der Waals surface area (Å²) >= 11 is 0. The highest BCUT2D eigenvalue weighted by atomic mass is 16.2. The molecule has 0 spiro atoms. The van der Waals surface area contributed by atoms with Crippen molar-refractivity contribution >= 4 is 5.91 Å². The predicted octanol–water partition coefficient (Wildman–Crippen LogP) is -1.00. The largest absolute Gasteiger partial charge is 0.368 e. The Labute approximate surface area is 131 Å². The predicted molar refractivity (Wildman–Crippen MR) is 84.3 cm³/mol. The van der Waals surface area contributed by atoms with E-state index in [-0.39, 0.29) is 13.0 Å². The summed E-state index contributed by atoms with van der Waals surface area (Å²) in [5, 5.41) is 0. The van der Waals surface area contributed by atoms with Crippen molar-refractivity contribution in [2.75, 3.05) is 0 Å². The summed E-state index contributed by atoms with van der Waals surface area (Å²) in [5.74, 6) is -0.811. The molecule has 0 aliphatic rings. The van der Waals surface area contributed by atoms with Gasteiger partial charge in [0.15, 0.2) is 0 Å². The number of benzene rings is 1. The van der Waals surface area contributed by atoms with Gasteiger partial charge in [0.1, 0.15) is 6.04 Å². The molecule has 23 heavy (non-hydrogen) atoms. The van der Waals surface area contributed by atoms with Gasteiger partial charge < -0.3 is 5.73 Å². The van der Waals surface area contributed by atoms with Crippen LogP contribution in [0.1, 0.15) is 18.5 Å². The van der Waals surface area contributed by atoms with Gasteiger partial charge in [-0.1, -0.05) is 30.3 Å². The lowest BCUT2D eigenvalue weighted by Gasteiger charge is -2.18. The Kier molecular flexibility index (Phi) is 4.63. The molecule has 8 nitrogen and oxygen atoms in total. The van der Waals surface area contributed by atoms with Crippen LogP contribution in [0.3, 0.4) is 0 Å². The molecule has 8 heteroatoms. The highest BCUT2D eigenvalue weighted by molar-refractivity contribution is 5.78. The van der Waals surface area contributed by atoms with Gasteiger partial charge in [0, 0.05) is 20.0 Å². The Hall–Kier alpha value is -2.90. The van der Waals surface area contributed by atoms with Gasteiger partial charge in [0.05, 0.1) is 0 Å². The molecule has 0 saturated heterocycles. The maximum absolute atomic E-state index is 12.4. The number of rotatable bonds is 5. The van der Waals surface area contributed by atoms with E-state index in [0.717, 1.165) is 19.3 Å². The summed E-state index contributed by atoms with van der Waals surface area (Å²) < 4.78 is 2.44. The van der Waals surface area contributed by atoms with Crippen LogP contribution in [0.4, 0.5) is 0 Å². The Balaban J connectivity index is 2.68. The lowest BCUT2D eigenvalue weighted by atomic mass is 10.1. The van der Waals surface area contributed by atoms with E-state index < -0.39 is 29.0 Å². The van der Waals surface area contributed by atoms with E-state index in [1.54, 1.807) is 31.2 Å². The van der Waals surface area contributed by atoms with E-state index in [9.17, 15) is 19.2 Å². The molecule has 2 N–H and O–H groups in total. The first-order valence-corrected chi connectivity index (χ1v) is 7.14. The Bertz CT molecular complexity index is 892. The molecule has 1 amide bonds. The third-order valence-corrected chi connectivity index (χ3v) is 3.68. The van der Waals surface area contributed by atoms with Crippen molar-refractivity contribution in [3.8, 4) is 0 Å². The van der Waals surface area contributed by atoms with Crippen molar-refractivity contribution in [1.82, 2.24) is 13.7 Å². The lowest BCUT2D eigenvalue weighted by molar-refractivity contribution is -0.121. The molecule has 0 radical (unpaired) electrons. The molecular weight excluding hydrogens is 300 g/mol. The zero-order valence-electron chi connectivity index (χ0n) is 12.9. The fraction of sp³-hybridized carbons (Fsp3) is 0.333. The van der Waals surface area contributed by atoms with E-state index in [2.05, 4.69) is 0 Å². The van der Waals surface area contributed by atoms with Gasteiger partial charge in [-0.3, -0.25) is 4.79 Å². The third kappa shape index (κ3) is 3.01. The number of primary amides is 1. The van der Waals surface area contributed by atoms with Crippen molar-refractivity contribution in [2.24, 2.45) is 12.8 Å². The van der Waals surface area contributed by atoms with Crippen molar-refractivity contribution in [2.45, 2.75) is 25.9 Å². The molecule has 1 atom stereocenters. The fourth-order valence-corrected chi connectivity index (χ4v) is 2.41. The molecular formula is C15H18N4O4. The first-order valence-electron chi connectivity index (χ1n) is 7.14. The van der Waals surface area contributed by atoms with Crippen molar-refractivity contribution in [1.29, 1.82) is 0 Å². The summed E-state index contributed by atoms with van der Waals surface area (Å²) in [5.41, 5.74) is 3.74. The normalized spacial score (nSPS) is 12.1. The molecule has 0 fully saturated rings. The van der Waals surface area contributed by atoms with Crippen molar-refractivity contribution in [3.05, 3.63) is 67.3 Å². The minimum absolute atomic E-state index is 0.0859. The average Bonchev–Trinajstić information content (AvgIpc) is 2.53. The van der Waals surface area contributed by atoms with Crippen LogP contribution < -0.4 is 22.8 Å². The van der Waals surface area contributed by atoms with Gasteiger partial charge >= 0.3 is 17.1 Å². The second-order valence-corrected chi connectivity index (χ2v) is 5.13. The topological polar surface area (TPSA) is 109 Å². The van der Waals surface area contributed by atoms with Gasteiger partial charge in [-0.15, -0.1) is 0 Å². The van der Waals surface area contributed by atoms with Gasteiger partial charge in [-0.25, -0.2) is 28.1 Å². The maximum Gasteiger partial charge on any atom is 0.337 e. The standard InChI is InChI=1S/C15H18N4O4/c1-3-18-13(21)17(2)14(22)19(15(18)23)11(12(16)20)9-10-7-5-4-6-8-10/h4-8,11H,3,9H2,1-2H3,(H2,16,20)/t11-/m0/s1. The summed E-state index contributed by atoms with van der Waals surface area (Å²) in [6.45, 7) is 1.69. The van der Waals surface area contributed by atoms with Crippen LogP contribution in [0.25, 0.3) is 0 Å². The Morgan fingerprint density at radius 1 is 1.09 bits per heavy atom. The van der Waals surface area contributed by atoms with Crippen LogP contribution in [-0.2, 0) is 24.8 Å². The number of hydrogen-bond acceptors (Lipinski definition) is 4. The van der Waals surface area contributed by atoms with E-state index in [1.165, 1.54) is 7.05 Å². The minimum atomic E-state index is -1.16. The van der Waals surface area contributed by atoms with Gasteiger partial charge in [0.2, 0.25) is 5.91 Å². The van der Waals surface area contributed by atoms with Crippen molar-refractivity contribution in [3.63, 3.8) is 0 Å². The minimum Gasteiger partial charge on any atom is -0.368 e. The molecule has 2 rings (SSSR count). The van der Waals surface area contributed by atoms with E-state index in [1.807, 2.05) is 6.07 Å². The Morgan fingerprint density at radius 3 is 2.22 bits per heavy atom. The monoisotopic (exact) mass is 318 g/mol. The fourth-order valence-electron chi connectivity index (χ4n) is 2.41. The summed E-state index contributed by atoms with van der Waals surface area (Å²) in [7, 11) is 1.26. The lowest BCUT2D eigenvalue weighted by Crippen LogP contribution is -2.56. The highest BCUT2D eigenvalue weighted by Crippen LogP contribution is 2.10. The maximum atomic E-state index is 12.4. The third-order valence-electron chi connectivity index (χ3n) is 3.68. The SMILES string of the molecule is CCn1c(=O)n(C)c(=O)n([C@@H](Cc2ccccc2)C(N)=O)c1=O. The van der Waals surface area contributed by atoms with E-state index >= 15 is 0 Å². The average molecular weight is 318 g/mol. The molecule has 0 aliphatic heterocycles. The van der Waals surface area contributed by atoms with Crippen molar-refractivity contribution < 1.29 is 4.79 Å². The number of nitrogens with two attached hydrogens (primary N) is 1. The van der Waals surface area contributed by atoms with Crippen LogP contribution >= 0.6 is 0 Å². The number of carbonyl (C=O) groups is 1. The Morgan fingerprint density at radius 2 is 1.70 bits per heavy atom. The molecule has 0 unspecified atom stereocenters. The van der Waals surface area contributed by atoms with Crippen LogP contribution in [-0.4, -0.2) is 19.6 Å². The second kappa shape index (κ2) is 6.47. The van der Waals surface area contributed by atoms with Crippen LogP contribution in [0.15, 0.2) is 44.7 Å². The molecule has 1 aromatic heterocycles. The van der Waals surface area contributed by atoms with E-state index in [4.69, 9.17) is 5.73 Å². The zero-order chi connectivity index (χ0) is 17.1. The second-order valence-electron chi connectivity index (χ2n) is 5.13. The zero-order valence-corrected chi connectivity index (χ0v) is 12.9. The summed E-state index contributed by atoms with van der Waals surface area (Å²) in [6.07, 6.45) is 0.0905. The number of carbonyl (C=O) groups excluding carboxylic acids is 1. The first-order chi connectivity index (χ1) is 10.9. The summed E-state index contributed by atoms with van der Waals surface area (Å²) in [6, 6.07) is 7.73. The number of aromatic nitrogens is 3. The molecule has 122 valence electrons. The number of amides is 1. The quantitative estimate of drug-likeness (QED) is 0.762. The molecule has 1 aromatic carbocycles. The van der Waals surface area contributed by atoms with Gasteiger partial charge in [0.25, 0.3) is 0 Å². The van der Waals surface area contributed by atoms with Crippen LogP contribution in [0.5, 0.6) is 0 Å². The molecule has 0 bridgehead atoms. The molecule has 2 aromatic rings. The van der Waals surface area contributed by atoms with Gasteiger partial charge in [-0.2, -0.15) is 0 Å². The smallest absolute Gasteiger partial charge is 0.337 e. The molecule has 0 aliphatic carbocycles. The van der Waals surface area contributed by atoms with Crippen LogP contribution in [0.2, 0.25) is 0 Å². The van der Waals surface area contributed by atoms with E-state index in [0.29, 0.717) is 0 Å².